The van der Waals surface area contributed by atoms with Crippen LogP contribution in [0.15, 0.2) is 52.8 Å². The molecule has 1 amide bonds. The van der Waals surface area contributed by atoms with Gasteiger partial charge in [0.1, 0.15) is 0 Å². The summed E-state index contributed by atoms with van der Waals surface area (Å²) in [5, 5.41) is 0. The molecule has 0 bridgehead atoms. The summed E-state index contributed by atoms with van der Waals surface area (Å²) in [4.78, 5) is 11.9. The normalized spacial score (nSPS) is 14.3. The molecule has 1 rings (SSSR count). The van der Waals surface area contributed by atoms with E-state index in [1.54, 1.807) is 18.9 Å². The van der Waals surface area contributed by atoms with E-state index in [2.05, 4.69) is 44.7 Å². The summed E-state index contributed by atoms with van der Waals surface area (Å²) in [6.45, 7) is 8.74. The SMILES string of the molecule is CC/C=C\C1=C(C)C(CN(SCCCCC)C(C)=O)=CC=C=C1. The lowest BCUT2D eigenvalue weighted by Gasteiger charge is -2.22. The van der Waals surface area contributed by atoms with Gasteiger partial charge in [-0.3, -0.25) is 9.10 Å². The van der Waals surface area contributed by atoms with Crippen LogP contribution in [0.5, 0.6) is 0 Å². The Kier molecular flexibility index (Phi) is 9.51. The van der Waals surface area contributed by atoms with Crippen molar-refractivity contribution < 1.29 is 4.79 Å². The summed E-state index contributed by atoms with van der Waals surface area (Å²) in [6.07, 6.45) is 14.9. The van der Waals surface area contributed by atoms with Crippen LogP contribution in [0.2, 0.25) is 0 Å². The van der Waals surface area contributed by atoms with E-state index in [9.17, 15) is 4.79 Å². The van der Waals surface area contributed by atoms with Crippen LogP contribution in [0.4, 0.5) is 0 Å². The lowest BCUT2D eigenvalue weighted by Crippen LogP contribution is -2.25. The summed E-state index contributed by atoms with van der Waals surface area (Å²) in [7, 11) is 0. The number of hydrogen-bond acceptors (Lipinski definition) is 2. The predicted octanol–water partition coefficient (Wildman–Crippen LogP) is 5.61. The van der Waals surface area contributed by atoms with Gasteiger partial charge in [-0.15, -0.1) is 5.73 Å². The van der Waals surface area contributed by atoms with Crippen molar-refractivity contribution in [3.8, 4) is 0 Å². The molecule has 3 heteroatoms. The quantitative estimate of drug-likeness (QED) is 0.311. The Hall–Kier alpha value is -1.44. The Morgan fingerprint density at radius 1 is 1.35 bits per heavy atom. The molecule has 2 nitrogen and oxygen atoms in total. The molecule has 0 aromatic heterocycles. The number of amides is 1. The summed E-state index contributed by atoms with van der Waals surface area (Å²) < 4.78 is 1.88. The maximum absolute atomic E-state index is 11.9. The molecule has 0 atom stereocenters. The van der Waals surface area contributed by atoms with Crippen molar-refractivity contribution in [3.05, 3.63) is 52.8 Å². The molecule has 0 radical (unpaired) electrons. The highest BCUT2D eigenvalue weighted by Gasteiger charge is 2.14. The van der Waals surface area contributed by atoms with Crippen molar-refractivity contribution in [1.82, 2.24) is 4.31 Å². The first-order chi connectivity index (χ1) is 11.1. The van der Waals surface area contributed by atoms with Crippen molar-refractivity contribution in [3.63, 3.8) is 0 Å². The molecule has 1 aliphatic carbocycles. The van der Waals surface area contributed by atoms with Gasteiger partial charge in [0.2, 0.25) is 5.91 Å². The molecule has 0 spiro atoms. The molecular formula is C20H29NOS. The van der Waals surface area contributed by atoms with Gasteiger partial charge in [0.15, 0.2) is 0 Å². The minimum absolute atomic E-state index is 0.118. The fourth-order valence-corrected chi connectivity index (χ4v) is 3.19. The van der Waals surface area contributed by atoms with E-state index in [1.807, 2.05) is 16.5 Å². The molecule has 0 aromatic rings. The number of carbonyl (C=O) groups is 1. The van der Waals surface area contributed by atoms with Gasteiger partial charge in [0.05, 0.1) is 6.54 Å². The second-order valence-corrected chi connectivity index (χ2v) is 6.76. The van der Waals surface area contributed by atoms with Gasteiger partial charge in [0, 0.05) is 12.7 Å². The van der Waals surface area contributed by atoms with Crippen LogP contribution in [-0.2, 0) is 4.79 Å². The molecule has 126 valence electrons. The first-order valence-corrected chi connectivity index (χ1v) is 9.44. The molecule has 0 N–H and O–H groups in total. The largest absolute Gasteiger partial charge is 0.282 e. The molecule has 0 heterocycles. The van der Waals surface area contributed by atoms with Gasteiger partial charge in [0.25, 0.3) is 0 Å². The topological polar surface area (TPSA) is 20.3 Å². The van der Waals surface area contributed by atoms with Crippen LogP contribution >= 0.6 is 11.9 Å². The molecule has 0 unspecified atom stereocenters. The minimum Gasteiger partial charge on any atom is -0.282 e. The monoisotopic (exact) mass is 331 g/mol. The van der Waals surface area contributed by atoms with Gasteiger partial charge in [-0.2, -0.15) is 0 Å². The number of hydrogen-bond donors (Lipinski definition) is 0. The minimum atomic E-state index is 0.118. The molecule has 23 heavy (non-hydrogen) atoms. The zero-order valence-corrected chi connectivity index (χ0v) is 15.7. The number of rotatable bonds is 9. The van der Waals surface area contributed by atoms with Crippen LogP contribution in [0.3, 0.4) is 0 Å². The zero-order valence-electron chi connectivity index (χ0n) is 14.9. The van der Waals surface area contributed by atoms with Crippen LogP contribution < -0.4 is 0 Å². The second kappa shape index (κ2) is 11.2. The molecular weight excluding hydrogens is 302 g/mol. The summed E-state index contributed by atoms with van der Waals surface area (Å²) >= 11 is 1.65. The van der Waals surface area contributed by atoms with E-state index in [4.69, 9.17) is 0 Å². The van der Waals surface area contributed by atoms with Gasteiger partial charge in [-0.1, -0.05) is 38.8 Å². The predicted molar refractivity (Wildman–Crippen MR) is 102 cm³/mol. The lowest BCUT2D eigenvalue weighted by molar-refractivity contribution is -0.123. The highest BCUT2D eigenvalue weighted by atomic mass is 32.2. The van der Waals surface area contributed by atoms with Crippen molar-refractivity contribution in [2.24, 2.45) is 0 Å². The van der Waals surface area contributed by atoms with Gasteiger partial charge < -0.3 is 0 Å². The van der Waals surface area contributed by atoms with E-state index in [1.165, 1.54) is 29.6 Å². The number of unbranched alkanes of at least 4 members (excludes halogenated alkanes) is 2. The fraction of sp³-hybridized carbons (Fsp3) is 0.500. The zero-order chi connectivity index (χ0) is 17.1. The average molecular weight is 332 g/mol. The Morgan fingerprint density at radius 3 is 2.78 bits per heavy atom. The van der Waals surface area contributed by atoms with Gasteiger partial charge in [-0.25, -0.2) is 0 Å². The van der Waals surface area contributed by atoms with Crippen molar-refractivity contribution >= 4 is 17.9 Å². The van der Waals surface area contributed by atoms with Crippen molar-refractivity contribution in [1.29, 1.82) is 0 Å². The molecule has 0 aromatic carbocycles. The summed E-state index contributed by atoms with van der Waals surface area (Å²) in [5.74, 6) is 1.12. The maximum Gasteiger partial charge on any atom is 0.229 e. The highest BCUT2D eigenvalue weighted by Crippen LogP contribution is 2.23. The van der Waals surface area contributed by atoms with Crippen LogP contribution in [0.1, 0.15) is 53.4 Å². The molecule has 0 saturated carbocycles. The second-order valence-electron chi connectivity index (χ2n) is 5.66. The molecule has 1 aliphatic rings. The van der Waals surface area contributed by atoms with Gasteiger partial charge >= 0.3 is 0 Å². The number of nitrogens with zero attached hydrogens (tertiary/aromatic N) is 1. The fourth-order valence-electron chi connectivity index (χ4n) is 2.22. The van der Waals surface area contributed by atoms with Crippen molar-refractivity contribution in [2.75, 3.05) is 12.3 Å². The van der Waals surface area contributed by atoms with E-state index in [0.717, 1.165) is 18.6 Å². The standard InChI is InChI=1S/C20H29NOS/c1-5-7-11-15-23-21(18(4)22)16-20-14-10-9-13-19(17(20)3)12-8-6-2/h8,10,12-14H,5-7,11,15-16H2,1-4H3/b12-8-. The first kappa shape index (κ1) is 19.6. The average Bonchev–Trinajstić information content (AvgIpc) is 2.70. The highest BCUT2D eigenvalue weighted by molar-refractivity contribution is 7.97. The van der Waals surface area contributed by atoms with Crippen LogP contribution in [-0.4, -0.2) is 22.5 Å². The van der Waals surface area contributed by atoms with Crippen LogP contribution in [0.25, 0.3) is 0 Å². The maximum atomic E-state index is 11.9. The Morgan fingerprint density at radius 2 is 2.13 bits per heavy atom. The molecule has 0 saturated heterocycles. The van der Waals surface area contributed by atoms with Crippen molar-refractivity contribution in [2.45, 2.75) is 53.4 Å². The van der Waals surface area contributed by atoms with E-state index in [-0.39, 0.29) is 5.91 Å². The Bertz CT molecular complexity index is 548. The molecule has 0 aliphatic heterocycles. The van der Waals surface area contributed by atoms with E-state index in [0.29, 0.717) is 6.54 Å². The summed E-state index contributed by atoms with van der Waals surface area (Å²) in [6, 6.07) is 0. The Balaban J connectivity index is 2.82. The van der Waals surface area contributed by atoms with Crippen LogP contribution in [0, 0.1) is 0 Å². The third-order valence-corrected chi connectivity index (χ3v) is 4.90. The van der Waals surface area contributed by atoms with E-state index >= 15 is 0 Å². The third kappa shape index (κ3) is 7.11. The third-order valence-electron chi connectivity index (χ3n) is 3.73. The summed E-state index contributed by atoms with van der Waals surface area (Å²) in [5.41, 5.74) is 6.76. The molecule has 0 fully saturated rings. The number of carbonyl (C=O) groups excluding carboxylic acids is 1. The number of allylic oxidation sites excluding steroid dienone is 5. The van der Waals surface area contributed by atoms with Gasteiger partial charge in [-0.05, 0) is 66.7 Å². The van der Waals surface area contributed by atoms with E-state index < -0.39 is 0 Å². The lowest BCUT2D eigenvalue weighted by atomic mass is 10.0. The smallest absolute Gasteiger partial charge is 0.229 e. The first-order valence-electron chi connectivity index (χ1n) is 8.50. The Labute approximate surface area is 145 Å².